The molecule has 82 valence electrons. The summed E-state index contributed by atoms with van der Waals surface area (Å²) >= 11 is 3.36. The molecule has 1 aromatic rings. The van der Waals surface area contributed by atoms with E-state index in [0.717, 1.165) is 23.0 Å². The normalized spacial score (nSPS) is 15.3. The zero-order valence-corrected chi connectivity index (χ0v) is 9.94. The fourth-order valence-electron chi connectivity index (χ4n) is 1.51. The van der Waals surface area contributed by atoms with Crippen LogP contribution in [0, 0.1) is 0 Å². The molecule has 6 heteroatoms. The first kappa shape index (κ1) is 10.5. The SMILES string of the molecule is Cn1cc(Br)c(CN(C(=O)O)C2CC2)n1. The minimum atomic E-state index is -0.866. The van der Waals surface area contributed by atoms with Gasteiger partial charge < -0.3 is 5.11 Å². The van der Waals surface area contributed by atoms with E-state index in [1.165, 1.54) is 4.90 Å². The van der Waals surface area contributed by atoms with Crippen molar-refractivity contribution in [2.75, 3.05) is 0 Å². The monoisotopic (exact) mass is 273 g/mol. The van der Waals surface area contributed by atoms with Gasteiger partial charge in [0.05, 0.1) is 16.7 Å². The number of carbonyl (C=O) groups is 1. The molecule has 1 aromatic heterocycles. The Morgan fingerprint density at radius 3 is 2.87 bits per heavy atom. The number of aryl methyl sites for hydroxylation is 1. The summed E-state index contributed by atoms with van der Waals surface area (Å²) in [5, 5.41) is 13.2. The van der Waals surface area contributed by atoms with E-state index in [0.29, 0.717) is 6.54 Å². The van der Waals surface area contributed by atoms with Crippen molar-refractivity contribution in [1.29, 1.82) is 0 Å². The highest BCUT2D eigenvalue weighted by atomic mass is 79.9. The lowest BCUT2D eigenvalue weighted by atomic mass is 10.4. The molecule has 1 N–H and O–H groups in total. The standard InChI is InChI=1S/C9H12BrN3O2/c1-12-4-7(10)8(11-12)5-13(9(14)15)6-2-3-6/h4,6H,2-3,5H2,1H3,(H,14,15). The van der Waals surface area contributed by atoms with Gasteiger partial charge in [-0.15, -0.1) is 0 Å². The van der Waals surface area contributed by atoms with Crippen molar-refractivity contribution >= 4 is 22.0 Å². The highest BCUT2D eigenvalue weighted by molar-refractivity contribution is 9.10. The van der Waals surface area contributed by atoms with Gasteiger partial charge in [-0.2, -0.15) is 5.10 Å². The van der Waals surface area contributed by atoms with E-state index in [9.17, 15) is 4.79 Å². The Morgan fingerprint density at radius 2 is 2.47 bits per heavy atom. The van der Waals surface area contributed by atoms with E-state index in [4.69, 9.17) is 5.11 Å². The minimum Gasteiger partial charge on any atom is -0.465 e. The lowest BCUT2D eigenvalue weighted by Crippen LogP contribution is -2.31. The van der Waals surface area contributed by atoms with Gasteiger partial charge in [-0.25, -0.2) is 4.79 Å². The first-order valence-electron chi connectivity index (χ1n) is 4.75. The van der Waals surface area contributed by atoms with E-state index < -0.39 is 6.09 Å². The molecule has 1 aliphatic carbocycles. The summed E-state index contributed by atoms with van der Waals surface area (Å²) in [7, 11) is 1.82. The van der Waals surface area contributed by atoms with Crippen LogP contribution in [0.25, 0.3) is 0 Å². The lowest BCUT2D eigenvalue weighted by Gasteiger charge is -2.17. The molecule has 5 nitrogen and oxygen atoms in total. The van der Waals surface area contributed by atoms with Gasteiger partial charge in [-0.1, -0.05) is 0 Å². The van der Waals surface area contributed by atoms with Crippen molar-refractivity contribution in [3.05, 3.63) is 16.4 Å². The zero-order valence-electron chi connectivity index (χ0n) is 8.35. The zero-order chi connectivity index (χ0) is 11.0. The molecule has 0 bridgehead atoms. The van der Waals surface area contributed by atoms with Crippen molar-refractivity contribution in [1.82, 2.24) is 14.7 Å². The molecule has 1 fully saturated rings. The predicted molar refractivity (Wildman–Crippen MR) is 57.5 cm³/mol. The molecule has 0 atom stereocenters. The summed E-state index contributed by atoms with van der Waals surface area (Å²) in [6.07, 6.45) is 2.89. The summed E-state index contributed by atoms with van der Waals surface area (Å²) < 4.78 is 2.53. The lowest BCUT2D eigenvalue weighted by molar-refractivity contribution is 0.138. The van der Waals surface area contributed by atoms with Crippen LogP contribution in [-0.4, -0.2) is 31.9 Å². The molecular formula is C9H12BrN3O2. The summed E-state index contributed by atoms with van der Waals surface area (Å²) in [6.45, 7) is 0.363. The molecule has 1 aliphatic rings. The van der Waals surface area contributed by atoms with Crippen LogP contribution < -0.4 is 0 Å². The van der Waals surface area contributed by atoms with Crippen molar-refractivity contribution in [3.63, 3.8) is 0 Å². The number of amides is 1. The van der Waals surface area contributed by atoms with Crippen molar-refractivity contribution < 1.29 is 9.90 Å². The smallest absolute Gasteiger partial charge is 0.407 e. The van der Waals surface area contributed by atoms with Gasteiger partial charge in [0.15, 0.2) is 0 Å². The molecule has 1 saturated carbocycles. The summed E-state index contributed by atoms with van der Waals surface area (Å²) in [5.74, 6) is 0. The fourth-order valence-corrected chi connectivity index (χ4v) is 2.01. The van der Waals surface area contributed by atoms with Gasteiger partial charge in [-0.3, -0.25) is 9.58 Å². The molecule has 0 spiro atoms. The summed E-state index contributed by atoms with van der Waals surface area (Å²) in [5.41, 5.74) is 0.770. The number of aromatic nitrogens is 2. The summed E-state index contributed by atoms with van der Waals surface area (Å²) in [4.78, 5) is 12.4. The van der Waals surface area contributed by atoms with E-state index in [2.05, 4.69) is 21.0 Å². The van der Waals surface area contributed by atoms with Crippen LogP contribution >= 0.6 is 15.9 Å². The quantitative estimate of drug-likeness (QED) is 0.914. The predicted octanol–water partition coefficient (Wildman–Crippen LogP) is 1.83. The van der Waals surface area contributed by atoms with Crippen molar-refractivity contribution in [3.8, 4) is 0 Å². The molecule has 0 saturated heterocycles. The number of rotatable bonds is 3. The number of halogens is 1. The Labute approximate surface area is 95.8 Å². The van der Waals surface area contributed by atoms with Gasteiger partial charge in [0, 0.05) is 19.3 Å². The molecule has 1 heterocycles. The topological polar surface area (TPSA) is 58.4 Å². The maximum atomic E-state index is 11.0. The number of hydrogen-bond acceptors (Lipinski definition) is 2. The molecule has 0 unspecified atom stereocenters. The van der Waals surface area contributed by atoms with Crippen LogP contribution in [0.2, 0.25) is 0 Å². The second kappa shape index (κ2) is 3.84. The van der Waals surface area contributed by atoms with Crippen LogP contribution in [0.5, 0.6) is 0 Å². The molecular weight excluding hydrogens is 262 g/mol. The molecule has 1 amide bonds. The van der Waals surface area contributed by atoms with E-state index in [1.54, 1.807) is 4.68 Å². The average Bonchev–Trinajstić information content (AvgIpc) is 2.90. The Kier molecular flexibility index (Phi) is 2.68. The first-order valence-corrected chi connectivity index (χ1v) is 5.55. The summed E-state index contributed by atoms with van der Waals surface area (Å²) in [6, 6.07) is 0.191. The molecule has 2 rings (SSSR count). The fraction of sp³-hybridized carbons (Fsp3) is 0.556. The third kappa shape index (κ3) is 2.31. The van der Waals surface area contributed by atoms with E-state index in [1.807, 2.05) is 13.2 Å². The average molecular weight is 274 g/mol. The van der Waals surface area contributed by atoms with Gasteiger partial charge in [0.2, 0.25) is 0 Å². The van der Waals surface area contributed by atoms with Crippen molar-refractivity contribution in [2.24, 2.45) is 7.05 Å². The molecule has 15 heavy (non-hydrogen) atoms. The van der Waals surface area contributed by atoms with Crippen molar-refractivity contribution in [2.45, 2.75) is 25.4 Å². The van der Waals surface area contributed by atoms with E-state index in [-0.39, 0.29) is 6.04 Å². The third-order valence-electron chi connectivity index (χ3n) is 2.41. The van der Waals surface area contributed by atoms with Crippen LogP contribution in [0.4, 0.5) is 4.79 Å². The second-order valence-corrected chi connectivity index (χ2v) is 4.59. The van der Waals surface area contributed by atoms with Crippen LogP contribution in [0.15, 0.2) is 10.7 Å². The highest BCUT2D eigenvalue weighted by Crippen LogP contribution is 2.29. The number of hydrogen-bond donors (Lipinski definition) is 1. The Balaban J connectivity index is 2.11. The van der Waals surface area contributed by atoms with Crippen LogP contribution in [0.1, 0.15) is 18.5 Å². The van der Waals surface area contributed by atoms with Gasteiger partial charge in [-0.05, 0) is 28.8 Å². The van der Waals surface area contributed by atoms with Crippen LogP contribution in [-0.2, 0) is 13.6 Å². The minimum absolute atomic E-state index is 0.191. The Bertz CT molecular complexity index is 387. The largest absolute Gasteiger partial charge is 0.465 e. The van der Waals surface area contributed by atoms with E-state index >= 15 is 0 Å². The molecule has 0 radical (unpaired) electrons. The van der Waals surface area contributed by atoms with Gasteiger partial charge >= 0.3 is 6.09 Å². The van der Waals surface area contributed by atoms with Gasteiger partial charge in [0.25, 0.3) is 0 Å². The maximum absolute atomic E-state index is 11.0. The third-order valence-corrected chi connectivity index (χ3v) is 3.07. The number of nitrogens with zero attached hydrogens (tertiary/aromatic N) is 3. The molecule has 0 aromatic carbocycles. The number of carboxylic acid groups (broad SMARTS) is 1. The van der Waals surface area contributed by atoms with Gasteiger partial charge in [0.1, 0.15) is 0 Å². The maximum Gasteiger partial charge on any atom is 0.407 e. The first-order chi connectivity index (χ1) is 7.08. The Hall–Kier alpha value is -1.04. The Morgan fingerprint density at radius 1 is 1.80 bits per heavy atom. The highest BCUT2D eigenvalue weighted by Gasteiger charge is 2.33. The second-order valence-electron chi connectivity index (χ2n) is 3.74. The van der Waals surface area contributed by atoms with Crippen LogP contribution in [0.3, 0.4) is 0 Å². The molecule has 0 aliphatic heterocycles.